The molecule has 0 radical (unpaired) electrons. The predicted molar refractivity (Wildman–Crippen MR) is 79.0 cm³/mol. The molecule has 1 heterocycles. The van der Waals surface area contributed by atoms with Crippen LogP contribution in [0.4, 0.5) is 5.82 Å². The molecule has 0 fully saturated rings. The molecule has 1 atom stereocenters. The van der Waals surface area contributed by atoms with E-state index in [9.17, 15) is 4.79 Å². The van der Waals surface area contributed by atoms with Crippen molar-refractivity contribution in [3.63, 3.8) is 0 Å². The van der Waals surface area contributed by atoms with Crippen LogP contribution < -0.4 is 11.1 Å². The number of thioether (sulfide) groups is 1. The summed E-state index contributed by atoms with van der Waals surface area (Å²) in [4.78, 5) is 20.3. The van der Waals surface area contributed by atoms with Crippen molar-refractivity contribution < 1.29 is 4.79 Å². The van der Waals surface area contributed by atoms with E-state index in [1.165, 1.54) is 11.8 Å². The van der Waals surface area contributed by atoms with Gasteiger partial charge in [0.25, 0.3) is 0 Å². The van der Waals surface area contributed by atoms with Gasteiger partial charge in [0.2, 0.25) is 5.91 Å². The Morgan fingerprint density at radius 3 is 2.68 bits per heavy atom. The Labute approximate surface area is 118 Å². The third-order valence-electron chi connectivity index (χ3n) is 2.53. The van der Waals surface area contributed by atoms with Crippen molar-refractivity contribution in [1.82, 2.24) is 15.3 Å². The standard InChI is InChI=1S/C13H22N4OS/c1-8(2)5-6-15-12(18)10(4)19-13-16-9(3)7-11(14)17-13/h7-8,10H,5-6H2,1-4H3,(H,15,18)(H2,14,16,17). The Bertz CT molecular complexity index is 416. The summed E-state index contributed by atoms with van der Waals surface area (Å²) in [5.41, 5.74) is 6.47. The van der Waals surface area contributed by atoms with Gasteiger partial charge < -0.3 is 11.1 Å². The van der Waals surface area contributed by atoms with Gasteiger partial charge in [0.05, 0.1) is 5.25 Å². The van der Waals surface area contributed by atoms with E-state index in [0.29, 0.717) is 23.4 Å². The van der Waals surface area contributed by atoms with Gasteiger partial charge in [-0.2, -0.15) is 0 Å². The van der Waals surface area contributed by atoms with Gasteiger partial charge in [0.1, 0.15) is 5.82 Å². The van der Waals surface area contributed by atoms with Gasteiger partial charge in [-0.25, -0.2) is 9.97 Å². The number of carbonyl (C=O) groups excluding carboxylic acids is 1. The normalized spacial score (nSPS) is 12.5. The minimum absolute atomic E-state index is 0.00864. The number of nitrogens with one attached hydrogen (secondary N) is 1. The molecule has 5 nitrogen and oxygen atoms in total. The quantitative estimate of drug-likeness (QED) is 0.616. The SMILES string of the molecule is Cc1cc(N)nc(SC(C)C(=O)NCCC(C)C)n1. The van der Waals surface area contributed by atoms with Crippen LogP contribution in [0.2, 0.25) is 0 Å². The molecular formula is C13H22N4OS. The first-order valence-electron chi connectivity index (χ1n) is 6.44. The highest BCUT2D eigenvalue weighted by Crippen LogP contribution is 2.20. The average molecular weight is 282 g/mol. The van der Waals surface area contributed by atoms with Crippen molar-refractivity contribution in [2.24, 2.45) is 5.92 Å². The highest BCUT2D eigenvalue weighted by molar-refractivity contribution is 8.00. The number of nitrogen functional groups attached to an aromatic ring is 1. The van der Waals surface area contributed by atoms with E-state index in [1.807, 2.05) is 13.8 Å². The number of amides is 1. The molecule has 0 saturated carbocycles. The molecule has 0 aliphatic carbocycles. The Balaban J connectivity index is 2.49. The first-order chi connectivity index (χ1) is 8.88. The summed E-state index contributed by atoms with van der Waals surface area (Å²) in [7, 11) is 0. The largest absolute Gasteiger partial charge is 0.384 e. The van der Waals surface area contributed by atoms with E-state index in [1.54, 1.807) is 6.07 Å². The third-order valence-corrected chi connectivity index (χ3v) is 3.49. The number of aromatic nitrogens is 2. The molecule has 3 N–H and O–H groups in total. The monoisotopic (exact) mass is 282 g/mol. The van der Waals surface area contributed by atoms with Gasteiger partial charge in [-0.05, 0) is 26.2 Å². The maximum atomic E-state index is 11.9. The molecule has 19 heavy (non-hydrogen) atoms. The lowest BCUT2D eigenvalue weighted by Crippen LogP contribution is -2.32. The van der Waals surface area contributed by atoms with Crippen molar-refractivity contribution in [2.45, 2.75) is 44.5 Å². The molecule has 0 spiro atoms. The Morgan fingerprint density at radius 1 is 1.42 bits per heavy atom. The summed E-state index contributed by atoms with van der Waals surface area (Å²) in [6, 6.07) is 1.71. The molecule has 1 aromatic rings. The fraction of sp³-hybridized carbons (Fsp3) is 0.615. The van der Waals surface area contributed by atoms with Gasteiger partial charge in [-0.15, -0.1) is 0 Å². The third kappa shape index (κ3) is 5.92. The number of nitrogens with zero attached hydrogens (tertiary/aromatic N) is 2. The predicted octanol–water partition coefficient (Wildman–Crippen LogP) is 2.01. The van der Waals surface area contributed by atoms with Crippen LogP contribution in [0.3, 0.4) is 0 Å². The molecule has 0 aromatic carbocycles. The summed E-state index contributed by atoms with van der Waals surface area (Å²) >= 11 is 1.32. The molecular weight excluding hydrogens is 260 g/mol. The molecule has 1 rings (SSSR count). The zero-order valence-electron chi connectivity index (χ0n) is 11.9. The fourth-order valence-corrected chi connectivity index (χ4v) is 2.32. The smallest absolute Gasteiger partial charge is 0.233 e. The number of nitrogens with two attached hydrogens (primary N) is 1. The fourth-order valence-electron chi connectivity index (χ4n) is 1.46. The topological polar surface area (TPSA) is 80.9 Å². The van der Waals surface area contributed by atoms with Gasteiger partial charge in [-0.3, -0.25) is 4.79 Å². The van der Waals surface area contributed by atoms with Crippen molar-refractivity contribution in [2.75, 3.05) is 12.3 Å². The van der Waals surface area contributed by atoms with E-state index in [0.717, 1.165) is 12.1 Å². The van der Waals surface area contributed by atoms with Gasteiger partial charge in [-0.1, -0.05) is 25.6 Å². The summed E-state index contributed by atoms with van der Waals surface area (Å²) in [6.07, 6.45) is 0.983. The van der Waals surface area contributed by atoms with Crippen LogP contribution in [0.1, 0.15) is 32.9 Å². The van der Waals surface area contributed by atoms with Gasteiger partial charge in [0, 0.05) is 18.3 Å². The Hall–Kier alpha value is -1.30. The lowest BCUT2D eigenvalue weighted by Gasteiger charge is -2.12. The van der Waals surface area contributed by atoms with Crippen LogP contribution in [-0.2, 0) is 4.79 Å². The molecule has 0 aliphatic heterocycles. The van der Waals surface area contributed by atoms with Gasteiger partial charge in [0.15, 0.2) is 5.16 Å². The molecule has 0 saturated heterocycles. The zero-order valence-corrected chi connectivity index (χ0v) is 12.8. The number of rotatable bonds is 6. The molecule has 6 heteroatoms. The summed E-state index contributed by atoms with van der Waals surface area (Å²) in [6.45, 7) is 8.67. The van der Waals surface area contributed by atoms with Crippen LogP contribution >= 0.6 is 11.8 Å². The molecule has 106 valence electrons. The second-order valence-corrected chi connectivity index (χ2v) is 6.26. The Morgan fingerprint density at radius 2 is 2.11 bits per heavy atom. The highest BCUT2D eigenvalue weighted by Gasteiger charge is 2.16. The molecule has 0 aliphatic rings. The number of hydrogen-bond acceptors (Lipinski definition) is 5. The summed E-state index contributed by atoms with van der Waals surface area (Å²) in [5.74, 6) is 1.03. The maximum Gasteiger partial charge on any atom is 0.233 e. The van der Waals surface area contributed by atoms with Crippen LogP contribution in [-0.4, -0.2) is 27.7 Å². The van der Waals surface area contributed by atoms with Crippen molar-refractivity contribution in [3.8, 4) is 0 Å². The molecule has 1 aromatic heterocycles. The number of anilines is 1. The number of aryl methyl sites for hydroxylation is 1. The minimum atomic E-state index is -0.228. The average Bonchev–Trinajstić information content (AvgIpc) is 2.26. The molecule has 1 unspecified atom stereocenters. The van der Waals surface area contributed by atoms with Crippen molar-refractivity contribution in [1.29, 1.82) is 0 Å². The summed E-state index contributed by atoms with van der Waals surface area (Å²) in [5, 5.41) is 3.23. The van der Waals surface area contributed by atoms with Crippen LogP contribution in [0, 0.1) is 12.8 Å². The van der Waals surface area contributed by atoms with E-state index in [2.05, 4.69) is 29.1 Å². The highest BCUT2D eigenvalue weighted by atomic mass is 32.2. The van der Waals surface area contributed by atoms with Crippen LogP contribution in [0.15, 0.2) is 11.2 Å². The maximum absolute atomic E-state index is 11.9. The van der Waals surface area contributed by atoms with Crippen molar-refractivity contribution >= 4 is 23.5 Å². The second-order valence-electron chi connectivity index (χ2n) is 4.95. The second kappa shape index (κ2) is 7.33. The number of carbonyl (C=O) groups is 1. The first kappa shape index (κ1) is 15.8. The van der Waals surface area contributed by atoms with Gasteiger partial charge >= 0.3 is 0 Å². The summed E-state index contributed by atoms with van der Waals surface area (Å²) < 4.78 is 0. The molecule has 1 amide bonds. The van der Waals surface area contributed by atoms with E-state index >= 15 is 0 Å². The van der Waals surface area contributed by atoms with Crippen molar-refractivity contribution in [3.05, 3.63) is 11.8 Å². The number of hydrogen-bond donors (Lipinski definition) is 2. The lowest BCUT2D eigenvalue weighted by molar-refractivity contribution is -0.120. The first-order valence-corrected chi connectivity index (χ1v) is 7.32. The molecule has 0 bridgehead atoms. The van der Waals surface area contributed by atoms with Crippen LogP contribution in [0.25, 0.3) is 0 Å². The van der Waals surface area contributed by atoms with Crippen LogP contribution in [0.5, 0.6) is 0 Å². The lowest BCUT2D eigenvalue weighted by atomic mass is 10.1. The van der Waals surface area contributed by atoms with E-state index in [-0.39, 0.29) is 11.2 Å². The Kier molecular flexibility index (Phi) is 6.08. The zero-order chi connectivity index (χ0) is 14.4. The van der Waals surface area contributed by atoms with E-state index < -0.39 is 0 Å². The van der Waals surface area contributed by atoms with E-state index in [4.69, 9.17) is 5.73 Å². The minimum Gasteiger partial charge on any atom is -0.384 e.